The molecule has 2 heterocycles. The van der Waals surface area contributed by atoms with Gasteiger partial charge >= 0.3 is 0 Å². The van der Waals surface area contributed by atoms with Crippen molar-refractivity contribution in [3.8, 4) is 0 Å². The molecule has 2 aliphatic rings. The Morgan fingerprint density at radius 3 is 2.81 bits per heavy atom. The number of pyridine rings is 1. The molecule has 5 nitrogen and oxygen atoms in total. The highest BCUT2D eigenvalue weighted by atomic mass is 35.5. The van der Waals surface area contributed by atoms with Gasteiger partial charge in [-0.1, -0.05) is 11.6 Å². The van der Waals surface area contributed by atoms with Crippen LogP contribution in [0.5, 0.6) is 0 Å². The Morgan fingerprint density at radius 2 is 2.14 bits per heavy atom. The molecule has 1 aromatic heterocycles. The lowest BCUT2D eigenvalue weighted by Crippen LogP contribution is -2.49. The molecule has 1 atom stereocenters. The predicted molar refractivity (Wildman–Crippen MR) is 84.2 cm³/mol. The molecule has 1 aliphatic carbocycles. The highest BCUT2D eigenvalue weighted by molar-refractivity contribution is 7.90. The number of likely N-dealkylation sites (N-methyl/N-ethyl adjacent to an activating group) is 1. The van der Waals surface area contributed by atoms with E-state index in [-0.39, 0.29) is 11.3 Å². The van der Waals surface area contributed by atoms with Crippen LogP contribution in [0.1, 0.15) is 25.7 Å². The summed E-state index contributed by atoms with van der Waals surface area (Å²) < 4.78 is 26.3. The quantitative estimate of drug-likeness (QED) is 0.849. The third-order valence-corrected chi connectivity index (χ3v) is 7.06. The van der Waals surface area contributed by atoms with E-state index in [0.717, 1.165) is 37.9 Å². The second kappa shape index (κ2) is 5.74. The topological polar surface area (TPSA) is 53.5 Å². The number of hydrogen-bond donors (Lipinski definition) is 0. The number of hydrogen-bond acceptors (Lipinski definition) is 4. The molecular weight excluding hydrogens is 310 g/mol. The lowest BCUT2D eigenvalue weighted by molar-refractivity contribution is 0.320. The summed E-state index contributed by atoms with van der Waals surface area (Å²) in [7, 11) is -1.40. The van der Waals surface area contributed by atoms with Crippen LogP contribution in [0.3, 0.4) is 0 Å². The van der Waals surface area contributed by atoms with Gasteiger partial charge in [0.2, 0.25) is 10.0 Å². The largest absolute Gasteiger partial charge is 0.369 e. The monoisotopic (exact) mass is 329 g/mol. The molecule has 7 heteroatoms. The van der Waals surface area contributed by atoms with Crippen molar-refractivity contribution in [2.45, 2.75) is 37.0 Å². The maximum Gasteiger partial charge on any atom is 0.217 e. The molecular formula is C14H20ClN3O2S. The second-order valence-electron chi connectivity index (χ2n) is 5.83. The van der Waals surface area contributed by atoms with E-state index in [4.69, 9.17) is 11.6 Å². The second-order valence-corrected chi connectivity index (χ2v) is 8.51. The van der Waals surface area contributed by atoms with Gasteiger partial charge in [0.25, 0.3) is 0 Å². The molecule has 0 aromatic carbocycles. The zero-order valence-electron chi connectivity index (χ0n) is 12.1. The molecule has 1 unspecified atom stereocenters. The minimum absolute atomic E-state index is 0.0218. The summed E-state index contributed by atoms with van der Waals surface area (Å²) in [4.78, 5) is 6.16. The molecule has 0 spiro atoms. The summed E-state index contributed by atoms with van der Waals surface area (Å²) in [6.07, 6.45) is 6.83. The Bertz CT molecular complexity index is 618. The lowest BCUT2D eigenvalue weighted by Gasteiger charge is -2.38. The van der Waals surface area contributed by atoms with Crippen LogP contribution in [-0.4, -0.2) is 49.1 Å². The minimum atomic E-state index is -3.12. The van der Waals surface area contributed by atoms with E-state index >= 15 is 0 Å². The highest BCUT2D eigenvalue weighted by Gasteiger charge is 2.41. The summed E-state index contributed by atoms with van der Waals surface area (Å²) >= 11 is 6.20. The van der Waals surface area contributed by atoms with Crippen LogP contribution in [0.2, 0.25) is 5.02 Å². The maximum absolute atomic E-state index is 12.4. The Hall–Kier alpha value is -0.850. The molecule has 1 saturated heterocycles. The molecule has 0 N–H and O–H groups in total. The number of sulfonamides is 1. The first-order chi connectivity index (χ1) is 10.00. The molecule has 1 aromatic rings. The van der Waals surface area contributed by atoms with Crippen molar-refractivity contribution in [1.29, 1.82) is 0 Å². The Kier molecular flexibility index (Phi) is 4.12. The molecule has 0 radical (unpaired) electrons. The number of halogens is 1. The fourth-order valence-corrected chi connectivity index (χ4v) is 4.93. The standard InChI is InChI=1S/C14H20ClN3O2S/c1-17(21(19,20)12-4-5-12)11-3-2-8-18(10-11)14-6-7-16-9-13(14)15/h6-7,9,11-12H,2-5,8,10H2,1H3. The van der Waals surface area contributed by atoms with Gasteiger partial charge in [0.05, 0.1) is 16.0 Å². The maximum atomic E-state index is 12.4. The van der Waals surface area contributed by atoms with E-state index in [0.29, 0.717) is 11.6 Å². The first-order valence-electron chi connectivity index (χ1n) is 7.31. The molecule has 1 aliphatic heterocycles. The fraction of sp³-hybridized carbons (Fsp3) is 0.643. The highest BCUT2D eigenvalue weighted by Crippen LogP contribution is 2.34. The average Bonchev–Trinajstić information content (AvgIpc) is 3.32. The molecule has 0 amide bonds. The van der Waals surface area contributed by atoms with Crippen molar-refractivity contribution < 1.29 is 8.42 Å². The number of piperidine rings is 1. The van der Waals surface area contributed by atoms with Gasteiger partial charge < -0.3 is 4.90 Å². The average molecular weight is 330 g/mol. The zero-order valence-corrected chi connectivity index (χ0v) is 13.6. The van der Waals surface area contributed by atoms with Crippen LogP contribution in [0.4, 0.5) is 5.69 Å². The van der Waals surface area contributed by atoms with Crippen LogP contribution in [-0.2, 0) is 10.0 Å². The molecule has 2 fully saturated rings. The van der Waals surface area contributed by atoms with Gasteiger partial charge in [-0.25, -0.2) is 8.42 Å². The van der Waals surface area contributed by atoms with Gasteiger partial charge in [0.1, 0.15) is 0 Å². The van der Waals surface area contributed by atoms with Crippen LogP contribution < -0.4 is 4.90 Å². The molecule has 21 heavy (non-hydrogen) atoms. The summed E-state index contributed by atoms with van der Waals surface area (Å²) in [6.45, 7) is 1.59. The van der Waals surface area contributed by atoms with Crippen LogP contribution in [0, 0.1) is 0 Å². The van der Waals surface area contributed by atoms with Gasteiger partial charge in [0, 0.05) is 38.6 Å². The van der Waals surface area contributed by atoms with Crippen molar-refractivity contribution in [3.05, 3.63) is 23.5 Å². The number of aromatic nitrogens is 1. The van der Waals surface area contributed by atoms with E-state index in [9.17, 15) is 8.42 Å². The Labute approximate surface area is 131 Å². The number of rotatable bonds is 4. The first kappa shape index (κ1) is 15.1. The Balaban J connectivity index is 1.75. The normalized spacial score (nSPS) is 23.6. The van der Waals surface area contributed by atoms with Gasteiger partial charge in [-0.2, -0.15) is 4.31 Å². The summed E-state index contributed by atoms with van der Waals surface area (Å²) in [6, 6.07) is 1.91. The lowest BCUT2D eigenvalue weighted by atomic mass is 10.1. The summed E-state index contributed by atoms with van der Waals surface area (Å²) in [5.74, 6) is 0. The minimum Gasteiger partial charge on any atom is -0.369 e. The third kappa shape index (κ3) is 3.03. The van der Waals surface area contributed by atoms with E-state index in [1.165, 1.54) is 0 Å². The molecule has 116 valence electrons. The first-order valence-corrected chi connectivity index (χ1v) is 9.19. The van der Waals surface area contributed by atoms with E-state index in [1.54, 1.807) is 23.7 Å². The van der Waals surface area contributed by atoms with Crippen LogP contribution >= 0.6 is 11.6 Å². The third-order valence-electron chi connectivity index (χ3n) is 4.35. The van der Waals surface area contributed by atoms with Gasteiger partial charge in [-0.15, -0.1) is 0 Å². The van der Waals surface area contributed by atoms with Crippen molar-refractivity contribution >= 4 is 27.3 Å². The molecule has 1 saturated carbocycles. The Morgan fingerprint density at radius 1 is 1.38 bits per heavy atom. The zero-order chi connectivity index (χ0) is 15.0. The van der Waals surface area contributed by atoms with Crippen LogP contribution in [0.25, 0.3) is 0 Å². The summed E-state index contributed by atoms with van der Waals surface area (Å²) in [5.41, 5.74) is 0.939. The SMILES string of the molecule is CN(C1CCCN(c2ccncc2Cl)C1)S(=O)(=O)C1CC1. The van der Waals surface area contributed by atoms with Crippen molar-refractivity contribution in [2.75, 3.05) is 25.0 Å². The molecule has 3 rings (SSSR count). The van der Waals surface area contributed by atoms with Gasteiger partial charge in [0.15, 0.2) is 0 Å². The van der Waals surface area contributed by atoms with Crippen molar-refractivity contribution in [1.82, 2.24) is 9.29 Å². The predicted octanol–water partition coefficient (Wildman–Crippen LogP) is 2.13. The number of anilines is 1. The molecule has 0 bridgehead atoms. The fourth-order valence-electron chi connectivity index (χ4n) is 2.90. The van der Waals surface area contributed by atoms with E-state index in [1.807, 2.05) is 6.07 Å². The van der Waals surface area contributed by atoms with Gasteiger partial charge in [-0.05, 0) is 31.7 Å². The van der Waals surface area contributed by atoms with Crippen molar-refractivity contribution in [3.63, 3.8) is 0 Å². The smallest absolute Gasteiger partial charge is 0.217 e. The number of nitrogens with zero attached hydrogens (tertiary/aromatic N) is 3. The summed E-state index contributed by atoms with van der Waals surface area (Å²) in [5, 5.41) is 0.466. The van der Waals surface area contributed by atoms with Gasteiger partial charge in [-0.3, -0.25) is 4.98 Å². The van der Waals surface area contributed by atoms with E-state index < -0.39 is 10.0 Å². The van der Waals surface area contributed by atoms with Crippen molar-refractivity contribution in [2.24, 2.45) is 0 Å². The van der Waals surface area contributed by atoms with E-state index in [2.05, 4.69) is 9.88 Å². The van der Waals surface area contributed by atoms with Crippen LogP contribution in [0.15, 0.2) is 18.5 Å².